The molecule has 0 spiro atoms. The fourth-order valence-electron chi connectivity index (χ4n) is 1.54. The Morgan fingerprint density at radius 1 is 1.47 bits per heavy atom. The van der Waals surface area contributed by atoms with Crippen LogP contribution in [-0.2, 0) is 0 Å². The van der Waals surface area contributed by atoms with Crippen molar-refractivity contribution in [2.45, 2.75) is 13.8 Å². The lowest BCUT2D eigenvalue weighted by molar-refractivity contribution is 0.144. The molecule has 0 fully saturated rings. The predicted molar refractivity (Wildman–Crippen MR) is 54.2 cm³/mol. The Labute approximate surface area is 85.7 Å². The van der Waals surface area contributed by atoms with Crippen molar-refractivity contribution in [2.24, 2.45) is 0 Å². The van der Waals surface area contributed by atoms with E-state index in [1.165, 1.54) is 0 Å². The minimum absolute atomic E-state index is 0.302. The van der Waals surface area contributed by atoms with E-state index in [0.29, 0.717) is 5.75 Å². The number of imidazole rings is 1. The summed E-state index contributed by atoms with van der Waals surface area (Å²) in [5.41, 5.74) is 2.50. The zero-order valence-corrected chi connectivity index (χ0v) is 8.37. The van der Waals surface area contributed by atoms with Crippen LogP contribution in [0.15, 0.2) is 12.1 Å². The molecule has 0 bridgehead atoms. The van der Waals surface area contributed by atoms with E-state index in [1.807, 2.05) is 13.8 Å². The van der Waals surface area contributed by atoms with E-state index in [2.05, 4.69) is 14.7 Å². The van der Waals surface area contributed by atoms with E-state index in [1.54, 1.807) is 12.1 Å². The number of hydrogen-bond acceptors (Lipinski definition) is 3. The van der Waals surface area contributed by atoms with Gasteiger partial charge >= 0.3 is 6.16 Å². The molecule has 0 unspecified atom stereocenters. The molecule has 1 aromatic carbocycles. The molecular formula is C10H10N2O3. The molecular weight excluding hydrogens is 196 g/mol. The fraction of sp³-hybridized carbons (Fsp3) is 0.200. The lowest BCUT2D eigenvalue weighted by atomic mass is 10.2. The Balaban J connectivity index is 2.56. The third-order valence-corrected chi connectivity index (χ3v) is 2.07. The van der Waals surface area contributed by atoms with E-state index in [9.17, 15) is 4.79 Å². The normalized spacial score (nSPS) is 10.5. The molecule has 1 heterocycles. The summed E-state index contributed by atoms with van der Waals surface area (Å²) in [6.45, 7) is 3.70. The highest BCUT2D eigenvalue weighted by atomic mass is 16.7. The number of carboxylic acid groups (broad SMARTS) is 1. The molecule has 0 amide bonds. The highest BCUT2D eigenvalue weighted by Crippen LogP contribution is 2.23. The van der Waals surface area contributed by atoms with E-state index >= 15 is 0 Å². The topological polar surface area (TPSA) is 75.2 Å². The number of carbonyl (C=O) groups is 1. The number of fused-ring (bicyclic) bond motifs is 1. The van der Waals surface area contributed by atoms with Crippen LogP contribution in [-0.4, -0.2) is 21.2 Å². The first kappa shape index (κ1) is 9.51. The van der Waals surface area contributed by atoms with Crippen molar-refractivity contribution >= 4 is 17.2 Å². The van der Waals surface area contributed by atoms with Crippen LogP contribution < -0.4 is 4.74 Å². The van der Waals surface area contributed by atoms with Gasteiger partial charge in [-0.15, -0.1) is 0 Å². The molecule has 2 N–H and O–H groups in total. The Hall–Kier alpha value is -2.04. The predicted octanol–water partition coefficient (Wildman–Crippen LogP) is 2.24. The molecule has 2 aromatic rings. The Morgan fingerprint density at radius 2 is 2.20 bits per heavy atom. The number of nitrogens with one attached hydrogen (secondary N) is 1. The lowest BCUT2D eigenvalue weighted by Crippen LogP contribution is -2.03. The summed E-state index contributed by atoms with van der Waals surface area (Å²) in [5, 5.41) is 8.49. The van der Waals surface area contributed by atoms with Gasteiger partial charge in [0, 0.05) is 6.07 Å². The van der Waals surface area contributed by atoms with Gasteiger partial charge in [-0.1, -0.05) is 0 Å². The van der Waals surface area contributed by atoms with E-state index in [4.69, 9.17) is 5.11 Å². The van der Waals surface area contributed by atoms with E-state index < -0.39 is 6.16 Å². The van der Waals surface area contributed by atoms with Gasteiger partial charge in [-0.05, 0) is 25.5 Å². The van der Waals surface area contributed by atoms with Gasteiger partial charge in [0.2, 0.25) is 0 Å². The summed E-state index contributed by atoms with van der Waals surface area (Å²) < 4.78 is 4.58. The van der Waals surface area contributed by atoms with Gasteiger partial charge < -0.3 is 14.8 Å². The van der Waals surface area contributed by atoms with Crippen LogP contribution in [0.2, 0.25) is 0 Å². The molecule has 0 aliphatic heterocycles. The zero-order chi connectivity index (χ0) is 11.0. The highest BCUT2D eigenvalue weighted by molar-refractivity contribution is 5.81. The van der Waals surface area contributed by atoms with Gasteiger partial charge in [-0.3, -0.25) is 0 Å². The maximum Gasteiger partial charge on any atom is 0.511 e. The number of ether oxygens (including phenoxy) is 1. The van der Waals surface area contributed by atoms with Gasteiger partial charge in [0.25, 0.3) is 0 Å². The molecule has 1 aromatic heterocycles. The fourth-order valence-corrected chi connectivity index (χ4v) is 1.54. The number of benzene rings is 1. The Bertz CT molecular complexity index is 531. The first-order valence-corrected chi connectivity index (χ1v) is 4.44. The van der Waals surface area contributed by atoms with Crippen molar-refractivity contribution < 1.29 is 14.6 Å². The molecule has 0 aliphatic rings. The van der Waals surface area contributed by atoms with Gasteiger partial charge in [0.05, 0.1) is 11.0 Å². The number of aryl methyl sites for hydroxylation is 2. The van der Waals surface area contributed by atoms with Crippen LogP contribution >= 0.6 is 0 Å². The van der Waals surface area contributed by atoms with Crippen molar-refractivity contribution in [1.29, 1.82) is 0 Å². The molecule has 0 saturated heterocycles. The third kappa shape index (κ3) is 1.76. The van der Waals surface area contributed by atoms with Gasteiger partial charge in [0.15, 0.2) is 0 Å². The number of hydrogen-bond donors (Lipinski definition) is 2. The third-order valence-electron chi connectivity index (χ3n) is 2.07. The van der Waals surface area contributed by atoms with Crippen molar-refractivity contribution in [3.8, 4) is 5.75 Å². The Morgan fingerprint density at radius 3 is 2.87 bits per heavy atom. The molecule has 0 atom stereocenters. The second-order valence-corrected chi connectivity index (χ2v) is 3.33. The summed E-state index contributed by atoms with van der Waals surface area (Å²) in [6.07, 6.45) is -1.31. The van der Waals surface area contributed by atoms with Crippen LogP contribution in [0.5, 0.6) is 5.75 Å². The molecule has 0 radical (unpaired) electrons. The second-order valence-electron chi connectivity index (χ2n) is 3.33. The molecule has 15 heavy (non-hydrogen) atoms. The van der Waals surface area contributed by atoms with Crippen LogP contribution in [0, 0.1) is 13.8 Å². The number of nitrogens with zero attached hydrogens (tertiary/aromatic N) is 1. The largest absolute Gasteiger partial charge is 0.511 e. The number of rotatable bonds is 1. The van der Waals surface area contributed by atoms with Gasteiger partial charge in [-0.25, -0.2) is 9.78 Å². The minimum Gasteiger partial charge on any atom is -0.449 e. The molecule has 2 rings (SSSR count). The Kier molecular flexibility index (Phi) is 2.07. The van der Waals surface area contributed by atoms with Crippen molar-refractivity contribution in [3.63, 3.8) is 0 Å². The molecule has 5 heteroatoms. The maximum absolute atomic E-state index is 10.4. The summed E-state index contributed by atoms with van der Waals surface area (Å²) >= 11 is 0. The quantitative estimate of drug-likeness (QED) is 0.554. The summed E-state index contributed by atoms with van der Waals surface area (Å²) in [7, 11) is 0. The second kappa shape index (κ2) is 3.27. The monoisotopic (exact) mass is 206 g/mol. The first-order valence-electron chi connectivity index (χ1n) is 4.44. The number of aromatic nitrogens is 2. The van der Waals surface area contributed by atoms with E-state index in [0.717, 1.165) is 22.4 Å². The molecule has 78 valence electrons. The number of aromatic amines is 1. The van der Waals surface area contributed by atoms with Crippen molar-refractivity contribution in [1.82, 2.24) is 9.97 Å². The standard InChI is InChI=1S/C10H10N2O3/c1-5-3-7(15-10(13)14)4-8-9(5)12-6(2)11-8/h3-4H,1-2H3,(H,11,12)(H,13,14). The highest BCUT2D eigenvalue weighted by Gasteiger charge is 2.07. The van der Waals surface area contributed by atoms with E-state index in [-0.39, 0.29) is 0 Å². The smallest absolute Gasteiger partial charge is 0.449 e. The average molecular weight is 206 g/mol. The van der Waals surface area contributed by atoms with Gasteiger partial charge in [-0.2, -0.15) is 0 Å². The molecule has 0 aliphatic carbocycles. The average Bonchev–Trinajstić information content (AvgIpc) is 2.44. The first-order chi connectivity index (χ1) is 7.06. The summed E-state index contributed by atoms with van der Waals surface area (Å²) in [5.74, 6) is 1.09. The van der Waals surface area contributed by atoms with Crippen molar-refractivity contribution in [3.05, 3.63) is 23.5 Å². The summed E-state index contributed by atoms with van der Waals surface area (Å²) in [6, 6.07) is 3.27. The van der Waals surface area contributed by atoms with Crippen LogP contribution in [0.4, 0.5) is 4.79 Å². The van der Waals surface area contributed by atoms with Gasteiger partial charge in [0.1, 0.15) is 11.6 Å². The summed E-state index contributed by atoms with van der Waals surface area (Å²) in [4.78, 5) is 17.7. The van der Waals surface area contributed by atoms with Crippen LogP contribution in [0.3, 0.4) is 0 Å². The molecule has 5 nitrogen and oxygen atoms in total. The number of H-pyrrole nitrogens is 1. The maximum atomic E-state index is 10.4. The minimum atomic E-state index is -1.31. The zero-order valence-electron chi connectivity index (χ0n) is 8.37. The molecule has 0 saturated carbocycles. The van der Waals surface area contributed by atoms with Crippen molar-refractivity contribution in [2.75, 3.05) is 0 Å². The van der Waals surface area contributed by atoms with Crippen LogP contribution in [0.25, 0.3) is 11.0 Å². The van der Waals surface area contributed by atoms with Crippen LogP contribution in [0.1, 0.15) is 11.4 Å². The lowest BCUT2D eigenvalue weighted by Gasteiger charge is -2.01. The SMILES string of the molecule is Cc1nc2c(C)cc(OC(=O)O)cc2[nH]1.